The molecule has 0 amide bonds. The number of nitro groups is 1. The second kappa shape index (κ2) is 6.44. The van der Waals surface area contributed by atoms with Crippen LogP contribution in [0.1, 0.15) is 18.3 Å². The lowest BCUT2D eigenvalue weighted by Gasteiger charge is -2.09. The van der Waals surface area contributed by atoms with Crippen LogP contribution in [0.2, 0.25) is 5.02 Å². The van der Waals surface area contributed by atoms with Crippen molar-refractivity contribution >= 4 is 33.2 Å². The molecule has 1 aromatic carbocycles. The van der Waals surface area contributed by atoms with Gasteiger partial charge in [0.25, 0.3) is 5.69 Å². The van der Waals surface area contributed by atoms with Crippen molar-refractivity contribution in [3.05, 3.63) is 49.2 Å². The molecule has 0 aliphatic carbocycles. The van der Waals surface area contributed by atoms with Gasteiger partial charge in [0.2, 0.25) is 0 Å². The molecule has 0 radical (unpaired) electrons. The molecule has 6 nitrogen and oxygen atoms in total. The number of halogens is 2. The fourth-order valence-electron chi connectivity index (χ4n) is 1.87. The van der Waals surface area contributed by atoms with E-state index in [1.807, 2.05) is 13.8 Å². The lowest BCUT2D eigenvalue weighted by molar-refractivity contribution is -0.385. The van der Waals surface area contributed by atoms with E-state index in [9.17, 15) is 10.1 Å². The molecule has 21 heavy (non-hydrogen) atoms. The minimum atomic E-state index is -0.466. The van der Waals surface area contributed by atoms with Gasteiger partial charge in [0, 0.05) is 12.6 Å². The number of nitro benzene ring substituents is 1. The van der Waals surface area contributed by atoms with Crippen LogP contribution in [0.4, 0.5) is 5.69 Å². The quantitative estimate of drug-likeness (QED) is 0.583. The Balaban J connectivity index is 2.24. The van der Waals surface area contributed by atoms with Crippen molar-refractivity contribution in [3.8, 4) is 5.75 Å². The van der Waals surface area contributed by atoms with Gasteiger partial charge in [0.1, 0.15) is 12.4 Å². The van der Waals surface area contributed by atoms with E-state index in [2.05, 4.69) is 21.0 Å². The van der Waals surface area contributed by atoms with Crippen LogP contribution in [0, 0.1) is 17.0 Å². The first-order valence-corrected chi connectivity index (χ1v) is 7.39. The summed E-state index contributed by atoms with van der Waals surface area (Å²) >= 11 is 9.51. The number of rotatable bonds is 5. The van der Waals surface area contributed by atoms with Crippen LogP contribution in [0.5, 0.6) is 5.75 Å². The molecule has 0 aliphatic rings. The lowest BCUT2D eigenvalue weighted by atomic mass is 10.3. The molecule has 0 atom stereocenters. The van der Waals surface area contributed by atoms with E-state index in [4.69, 9.17) is 16.3 Å². The summed E-state index contributed by atoms with van der Waals surface area (Å²) < 4.78 is 8.05. The van der Waals surface area contributed by atoms with Gasteiger partial charge in [-0.05, 0) is 35.8 Å². The van der Waals surface area contributed by atoms with Gasteiger partial charge in [0.05, 0.1) is 31.9 Å². The molecule has 0 saturated heterocycles. The topological polar surface area (TPSA) is 70.2 Å². The van der Waals surface area contributed by atoms with E-state index in [0.717, 1.165) is 11.4 Å². The third kappa shape index (κ3) is 3.36. The van der Waals surface area contributed by atoms with Crippen LogP contribution >= 0.6 is 27.5 Å². The standard InChI is InChI=1S/C13H13BrClN3O3/c1-3-17-11(13(15)8(2)16-17)7-21-12-6-9(18(19)20)4-5-10(12)14/h4-6H,3,7H2,1-2H3. The maximum absolute atomic E-state index is 10.8. The first-order valence-electron chi connectivity index (χ1n) is 6.22. The minimum Gasteiger partial charge on any atom is -0.486 e. The monoisotopic (exact) mass is 373 g/mol. The first kappa shape index (κ1) is 15.8. The van der Waals surface area contributed by atoms with E-state index in [-0.39, 0.29) is 12.3 Å². The zero-order valence-corrected chi connectivity index (χ0v) is 13.8. The van der Waals surface area contributed by atoms with Gasteiger partial charge in [0.15, 0.2) is 0 Å². The van der Waals surface area contributed by atoms with Crippen molar-refractivity contribution < 1.29 is 9.66 Å². The van der Waals surface area contributed by atoms with Crippen molar-refractivity contribution in [2.45, 2.75) is 27.0 Å². The largest absolute Gasteiger partial charge is 0.486 e. The Morgan fingerprint density at radius 1 is 1.52 bits per heavy atom. The Morgan fingerprint density at radius 3 is 2.86 bits per heavy atom. The second-order valence-corrected chi connectivity index (χ2v) is 5.55. The van der Waals surface area contributed by atoms with Gasteiger partial charge in [-0.1, -0.05) is 11.6 Å². The lowest BCUT2D eigenvalue weighted by Crippen LogP contribution is -2.07. The number of ether oxygens (including phenoxy) is 1. The number of benzene rings is 1. The average Bonchev–Trinajstić information content (AvgIpc) is 2.73. The third-order valence-electron chi connectivity index (χ3n) is 2.94. The summed E-state index contributed by atoms with van der Waals surface area (Å²) in [6, 6.07) is 4.36. The number of hydrogen-bond donors (Lipinski definition) is 0. The number of nitrogens with zero attached hydrogens (tertiary/aromatic N) is 3. The molecule has 0 unspecified atom stereocenters. The van der Waals surface area contributed by atoms with Gasteiger partial charge < -0.3 is 4.74 Å². The molecule has 8 heteroatoms. The molecule has 112 valence electrons. The molecule has 2 rings (SSSR count). The molecular formula is C13H13BrClN3O3. The normalized spacial score (nSPS) is 10.7. The van der Waals surface area contributed by atoms with Crippen LogP contribution < -0.4 is 4.74 Å². The van der Waals surface area contributed by atoms with Crippen LogP contribution in [-0.2, 0) is 13.2 Å². The Kier molecular flexibility index (Phi) is 4.84. The highest BCUT2D eigenvalue weighted by Gasteiger charge is 2.15. The molecule has 0 aliphatic heterocycles. The summed E-state index contributed by atoms with van der Waals surface area (Å²) in [4.78, 5) is 10.3. The van der Waals surface area contributed by atoms with E-state index >= 15 is 0 Å². The van der Waals surface area contributed by atoms with Crippen molar-refractivity contribution in [1.29, 1.82) is 0 Å². The molecule has 1 aromatic heterocycles. The first-order chi connectivity index (χ1) is 9.93. The number of non-ortho nitro benzene ring substituents is 1. The fraction of sp³-hybridized carbons (Fsp3) is 0.308. The Hall–Kier alpha value is -1.60. The minimum absolute atomic E-state index is 0.0283. The summed E-state index contributed by atoms with van der Waals surface area (Å²) in [7, 11) is 0. The van der Waals surface area contributed by atoms with Gasteiger partial charge in [-0.15, -0.1) is 0 Å². The molecule has 2 aromatic rings. The van der Waals surface area contributed by atoms with Crippen molar-refractivity contribution in [2.24, 2.45) is 0 Å². The van der Waals surface area contributed by atoms with Gasteiger partial charge >= 0.3 is 0 Å². The zero-order valence-electron chi connectivity index (χ0n) is 11.5. The predicted molar refractivity (Wildman–Crippen MR) is 82.8 cm³/mol. The fourth-order valence-corrected chi connectivity index (χ4v) is 2.42. The molecule has 1 heterocycles. The SMILES string of the molecule is CCn1nc(C)c(Cl)c1COc1cc([N+](=O)[O-])ccc1Br. The predicted octanol–water partition coefficient (Wildman–Crippen LogP) is 4.11. The van der Waals surface area contributed by atoms with Crippen LogP contribution in [0.15, 0.2) is 22.7 Å². The number of aromatic nitrogens is 2. The summed E-state index contributed by atoms with van der Waals surface area (Å²) in [5.74, 6) is 0.391. The maximum Gasteiger partial charge on any atom is 0.273 e. The van der Waals surface area contributed by atoms with Gasteiger partial charge in [-0.3, -0.25) is 14.8 Å². The molecule has 0 spiro atoms. The van der Waals surface area contributed by atoms with Crippen LogP contribution in [0.3, 0.4) is 0 Å². The Morgan fingerprint density at radius 2 is 2.24 bits per heavy atom. The second-order valence-electron chi connectivity index (χ2n) is 4.32. The van der Waals surface area contributed by atoms with Crippen molar-refractivity contribution in [3.63, 3.8) is 0 Å². The maximum atomic E-state index is 10.8. The summed E-state index contributed by atoms with van der Waals surface area (Å²) in [5, 5.41) is 15.6. The van der Waals surface area contributed by atoms with Crippen LogP contribution in [-0.4, -0.2) is 14.7 Å². The molecule has 0 fully saturated rings. The van der Waals surface area contributed by atoms with Crippen LogP contribution in [0.25, 0.3) is 0 Å². The highest BCUT2D eigenvalue weighted by atomic mass is 79.9. The van der Waals surface area contributed by atoms with E-state index < -0.39 is 4.92 Å². The van der Waals surface area contributed by atoms with Crippen molar-refractivity contribution in [1.82, 2.24) is 9.78 Å². The summed E-state index contributed by atoms with van der Waals surface area (Å²) in [5.41, 5.74) is 1.45. The Labute approximate surface area is 134 Å². The molecule has 0 N–H and O–H groups in total. The van der Waals surface area contributed by atoms with Gasteiger partial charge in [-0.2, -0.15) is 5.10 Å². The third-order valence-corrected chi connectivity index (χ3v) is 4.09. The van der Waals surface area contributed by atoms with E-state index in [1.54, 1.807) is 10.7 Å². The highest BCUT2D eigenvalue weighted by molar-refractivity contribution is 9.10. The number of hydrogen-bond acceptors (Lipinski definition) is 4. The van der Waals surface area contributed by atoms with E-state index in [0.29, 0.717) is 21.8 Å². The molecule has 0 saturated carbocycles. The highest BCUT2D eigenvalue weighted by Crippen LogP contribution is 2.31. The Bertz CT molecular complexity index is 688. The summed E-state index contributed by atoms with van der Waals surface area (Å²) in [6.45, 7) is 4.63. The van der Waals surface area contributed by atoms with Gasteiger partial charge in [-0.25, -0.2) is 0 Å². The molecular weight excluding hydrogens is 362 g/mol. The number of aryl methyl sites for hydroxylation is 2. The summed E-state index contributed by atoms with van der Waals surface area (Å²) in [6.07, 6.45) is 0. The zero-order chi connectivity index (χ0) is 15.6. The smallest absolute Gasteiger partial charge is 0.273 e. The molecule has 0 bridgehead atoms. The average molecular weight is 375 g/mol. The van der Waals surface area contributed by atoms with E-state index in [1.165, 1.54) is 12.1 Å². The van der Waals surface area contributed by atoms with Crippen molar-refractivity contribution in [2.75, 3.05) is 0 Å².